The summed E-state index contributed by atoms with van der Waals surface area (Å²) < 4.78 is 20.8. The SMILES string of the molecule is CC(C)OCCNC(=O)N(Cc1ccc(F)cc1)c1ncc(C(=O)NCCCCn2ccnc2)s1. The number of hydrogen-bond acceptors (Lipinski definition) is 6. The van der Waals surface area contributed by atoms with Crippen LogP contribution in [0.5, 0.6) is 0 Å². The molecule has 3 aromatic rings. The Hall–Kier alpha value is -3.31. The number of aryl methyl sites for hydroxylation is 1. The number of hydrogen-bond donors (Lipinski definition) is 2. The van der Waals surface area contributed by atoms with Gasteiger partial charge in [-0.25, -0.2) is 19.2 Å². The second kappa shape index (κ2) is 13.5. The Morgan fingerprint density at radius 3 is 2.69 bits per heavy atom. The van der Waals surface area contributed by atoms with Crippen LogP contribution in [0.1, 0.15) is 41.9 Å². The fourth-order valence-corrected chi connectivity index (χ4v) is 4.00. The summed E-state index contributed by atoms with van der Waals surface area (Å²) in [5.41, 5.74) is 0.735. The number of urea groups is 1. The molecule has 0 aliphatic carbocycles. The highest BCUT2D eigenvalue weighted by atomic mass is 32.1. The summed E-state index contributed by atoms with van der Waals surface area (Å²) in [6.45, 7) is 6.11. The standard InChI is InChI=1S/C24H31FN6O3S/c1-18(2)34-14-11-28-23(33)31(16-19-5-7-20(25)8-6-19)24-29-15-21(35-24)22(32)27-9-3-4-12-30-13-10-26-17-30/h5-8,10,13,15,17-18H,3-4,9,11-12,14,16H2,1-2H3,(H,27,32)(H,28,33). The Kier molecular flexibility index (Phi) is 10.2. The Morgan fingerprint density at radius 1 is 1.17 bits per heavy atom. The fourth-order valence-electron chi connectivity index (χ4n) is 3.17. The van der Waals surface area contributed by atoms with Gasteiger partial charge in [-0.05, 0) is 44.4 Å². The Balaban J connectivity index is 1.57. The van der Waals surface area contributed by atoms with E-state index in [2.05, 4.69) is 20.6 Å². The first kappa shape index (κ1) is 26.3. The highest BCUT2D eigenvalue weighted by Gasteiger charge is 2.21. The van der Waals surface area contributed by atoms with Crippen LogP contribution in [0.15, 0.2) is 49.2 Å². The smallest absolute Gasteiger partial charge is 0.324 e. The number of rotatable bonds is 13. The molecule has 0 spiro atoms. The van der Waals surface area contributed by atoms with E-state index in [-0.39, 0.29) is 30.4 Å². The molecule has 2 heterocycles. The van der Waals surface area contributed by atoms with Gasteiger partial charge in [0.1, 0.15) is 10.7 Å². The minimum absolute atomic E-state index is 0.0631. The van der Waals surface area contributed by atoms with E-state index in [4.69, 9.17) is 4.74 Å². The molecule has 0 saturated heterocycles. The number of benzene rings is 1. The maximum Gasteiger partial charge on any atom is 0.324 e. The average molecular weight is 503 g/mol. The van der Waals surface area contributed by atoms with Gasteiger partial charge in [0.25, 0.3) is 5.91 Å². The van der Waals surface area contributed by atoms with E-state index in [1.807, 2.05) is 24.6 Å². The number of nitrogens with one attached hydrogen (secondary N) is 2. The van der Waals surface area contributed by atoms with Gasteiger partial charge in [0.05, 0.1) is 31.8 Å². The van der Waals surface area contributed by atoms with E-state index in [0.29, 0.717) is 29.7 Å². The number of aromatic nitrogens is 3. The van der Waals surface area contributed by atoms with E-state index < -0.39 is 0 Å². The van der Waals surface area contributed by atoms with Crippen LogP contribution in [0.4, 0.5) is 14.3 Å². The zero-order chi connectivity index (χ0) is 25.0. The molecule has 2 N–H and O–H groups in total. The lowest BCUT2D eigenvalue weighted by Gasteiger charge is -2.21. The summed E-state index contributed by atoms with van der Waals surface area (Å²) in [7, 11) is 0. The Bertz CT molecular complexity index is 1060. The quantitative estimate of drug-likeness (QED) is 0.346. The third-order valence-electron chi connectivity index (χ3n) is 4.96. The molecule has 11 heteroatoms. The molecule has 0 unspecified atom stereocenters. The lowest BCUT2D eigenvalue weighted by molar-refractivity contribution is 0.0819. The minimum Gasteiger partial charge on any atom is -0.377 e. The Morgan fingerprint density at radius 2 is 1.97 bits per heavy atom. The lowest BCUT2D eigenvalue weighted by Crippen LogP contribution is -2.41. The van der Waals surface area contributed by atoms with E-state index in [1.165, 1.54) is 23.2 Å². The fraction of sp³-hybridized carbons (Fsp3) is 0.417. The maximum atomic E-state index is 13.3. The predicted molar refractivity (Wildman–Crippen MR) is 133 cm³/mol. The number of halogens is 1. The van der Waals surface area contributed by atoms with Crippen molar-refractivity contribution in [2.45, 2.75) is 45.9 Å². The van der Waals surface area contributed by atoms with Crippen LogP contribution in [-0.2, 0) is 17.8 Å². The van der Waals surface area contributed by atoms with Gasteiger partial charge >= 0.3 is 6.03 Å². The third-order valence-corrected chi connectivity index (χ3v) is 5.98. The maximum absolute atomic E-state index is 13.3. The van der Waals surface area contributed by atoms with Crippen LogP contribution in [0, 0.1) is 5.82 Å². The highest BCUT2D eigenvalue weighted by molar-refractivity contribution is 7.17. The van der Waals surface area contributed by atoms with E-state index in [0.717, 1.165) is 36.3 Å². The first-order chi connectivity index (χ1) is 16.9. The number of ether oxygens (including phenoxy) is 1. The summed E-state index contributed by atoms with van der Waals surface area (Å²) >= 11 is 1.13. The van der Waals surface area contributed by atoms with Crippen LogP contribution in [0.2, 0.25) is 0 Å². The van der Waals surface area contributed by atoms with Crippen molar-refractivity contribution >= 4 is 28.4 Å². The molecule has 9 nitrogen and oxygen atoms in total. The van der Waals surface area contributed by atoms with Crippen molar-refractivity contribution in [3.8, 4) is 0 Å². The third kappa shape index (κ3) is 8.76. The van der Waals surface area contributed by atoms with Crippen molar-refractivity contribution < 1.29 is 18.7 Å². The van der Waals surface area contributed by atoms with Crippen LogP contribution >= 0.6 is 11.3 Å². The van der Waals surface area contributed by atoms with Crippen molar-refractivity contribution in [1.29, 1.82) is 0 Å². The van der Waals surface area contributed by atoms with Crippen molar-refractivity contribution in [1.82, 2.24) is 25.2 Å². The first-order valence-electron chi connectivity index (χ1n) is 11.5. The second-order valence-electron chi connectivity index (χ2n) is 8.13. The number of carbonyl (C=O) groups is 2. The molecule has 0 bridgehead atoms. The van der Waals surface area contributed by atoms with E-state index >= 15 is 0 Å². The molecular formula is C24H31FN6O3S. The second-order valence-corrected chi connectivity index (χ2v) is 9.14. The van der Waals surface area contributed by atoms with E-state index in [1.54, 1.807) is 24.7 Å². The minimum atomic E-state index is -0.373. The molecule has 0 aliphatic rings. The van der Waals surface area contributed by atoms with E-state index in [9.17, 15) is 14.0 Å². The van der Waals surface area contributed by atoms with Crippen molar-refractivity contribution in [3.63, 3.8) is 0 Å². The molecule has 0 radical (unpaired) electrons. The largest absolute Gasteiger partial charge is 0.377 e. The number of nitrogens with zero attached hydrogens (tertiary/aromatic N) is 4. The van der Waals surface area contributed by atoms with Gasteiger partial charge in [-0.15, -0.1) is 0 Å². The van der Waals surface area contributed by atoms with Gasteiger partial charge in [-0.3, -0.25) is 9.69 Å². The van der Waals surface area contributed by atoms with Crippen molar-refractivity contribution in [2.75, 3.05) is 24.6 Å². The molecule has 0 aliphatic heterocycles. The molecule has 1 aromatic carbocycles. The van der Waals surface area contributed by atoms with Crippen molar-refractivity contribution in [3.05, 3.63) is 65.4 Å². The van der Waals surface area contributed by atoms with Crippen LogP contribution < -0.4 is 15.5 Å². The molecular weight excluding hydrogens is 471 g/mol. The van der Waals surface area contributed by atoms with Gasteiger partial charge in [-0.1, -0.05) is 23.5 Å². The molecule has 0 fully saturated rings. The average Bonchev–Trinajstić information content (AvgIpc) is 3.53. The summed E-state index contributed by atoms with van der Waals surface area (Å²) in [5, 5.41) is 6.09. The van der Waals surface area contributed by atoms with Gasteiger partial charge in [-0.2, -0.15) is 0 Å². The number of thiazole rings is 1. The number of anilines is 1. The van der Waals surface area contributed by atoms with Crippen LogP contribution in [0.3, 0.4) is 0 Å². The number of imidazole rings is 1. The summed E-state index contributed by atoms with van der Waals surface area (Å²) in [4.78, 5) is 35.7. The van der Waals surface area contributed by atoms with Crippen LogP contribution in [-0.4, -0.2) is 52.3 Å². The number of amides is 3. The van der Waals surface area contributed by atoms with Crippen molar-refractivity contribution in [2.24, 2.45) is 0 Å². The number of carbonyl (C=O) groups excluding carboxylic acids is 2. The normalized spacial score (nSPS) is 11.0. The van der Waals surface area contributed by atoms with Gasteiger partial charge in [0, 0.05) is 32.0 Å². The zero-order valence-electron chi connectivity index (χ0n) is 19.9. The monoisotopic (exact) mass is 502 g/mol. The van der Waals surface area contributed by atoms with Gasteiger partial charge < -0.3 is 19.9 Å². The first-order valence-corrected chi connectivity index (χ1v) is 12.3. The molecule has 0 atom stereocenters. The zero-order valence-corrected chi connectivity index (χ0v) is 20.8. The highest BCUT2D eigenvalue weighted by Crippen LogP contribution is 2.24. The lowest BCUT2D eigenvalue weighted by atomic mass is 10.2. The Labute approximate surface area is 208 Å². The topological polar surface area (TPSA) is 101 Å². The molecule has 188 valence electrons. The summed E-state index contributed by atoms with van der Waals surface area (Å²) in [6, 6.07) is 5.54. The molecule has 3 amide bonds. The molecule has 0 saturated carbocycles. The van der Waals surface area contributed by atoms with Crippen LogP contribution in [0.25, 0.3) is 0 Å². The summed E-state index contributed by atoms with van der Waals surface area (Å²) in [5.74, 6) is -0.585. The predicted octanol–water partition coefficient (Wildman–Crippen LogP) is 3.83. The molecule has 3 rings (SSSR count). The van der Waals surface area contributed by atoms with Gasteiger partial charge in [0.2, 0.25) is 0 Å². The summed E-state index contributed by atoms with van der Waals surface area (Å²) in [6.07, 6.45) is 8.68. The molecule has 2 aromatic heterocycles. The molecule has 35 heavy (non-hydrogen) atoms. The number of unbranched alkanes of at least 4 members (excludes halogenated alkanes) is 1. The van der Waals surface area contributed by atoms with Gasteiger partial charge in [0.15, 0.2) is 5.13 Å².